The molecule has 0 spiro atoms. The van der Waals surface area contributed by atoms with Crippen LogP contribution in [0.3, 0.4) is 0 Å². The zero-order valence-electron chi connectivity index (χ0n) is 16.2. The molecule has 3 N–H and O–H groups in total. The van der Waals surface area contributed by atoms with Crippen LogP contribution in [0.4, 0.5) is 0 Å². The molecule has 2 atom stereocenters. The summed E-state index contributed by atoms with van der Waals surface area (Å²) >= 11 is 0. The van der Waals surface area contributed by atoms with E-state index < -0.39 is 10.0 Å². The van der Waals surface area contributed by atoms with Crippen molar-refractivity contribution in [3.05, 3.63) is 83.1 Å². The summed E-state index contributed by atoms with van der Waals surface area (Å²) in [4.78, 5) is 0. The fraction of sp³-hybridized carbons (Fsp3) is 0.273. The van der Waals surface area contributed by atoms with E-state index in [4.69, 9.17) is 14.9 Å². The maximum absolute atomic E-state index is 12.4. The van der Waals surface area contributed by atoms with Gasteiger partial charge in [-0.05, 0) is 48.2 Å². The van der Waals surface area contributed by atoms with Crippen molar-refractivity contribution < 1.29 is 17.6 Å². The molecular formula is C22H24N2O4S. The van der Waals surface area contributed by atoms with Crippen molar-refractivity contribution >= 4 is 10.0 Å². The van der Waals surface area contributed by atoms with Crippen LogP contribution in [-0.4, -0.2) is 21.1 Å². The molecule has 2 unspecified atom stereocenters. The van der Waals surface area contributed by atoms with E-state index in [2.05, 4.69) is 16.9 Å². The Bertz CT molecular complexity index is 1090. The summed E-state index contributed by atoms with van der Waals surface area (Å²) in [6.45, 7) is 2.33. The quantitative estimate of drug-likeness (QED) is 0.649. The lowest BCUT2D eigenvalue weighted by Gasteiger charge is -2.32. The largest absolute Gasteiger partial charge is 0.492 e. The molecule has 2 aromatic carbocycles. The highest BCUT2D eigenvalue weighted by molar-refractivity contribution is 7.89. The number of aryl methyl sites for hydroxylation is 1. The molecule has 0 saturated carbocycles. The minimum absolute atomic E-state index is 0.0831. The Morgan fingerprint density at radius 3 is 2.59 bits per heavy atom. The summed E-state index contributed by atoms with van der Waals surface area (Å²) in [5, 5.41) is -0.0831. The van der Waals surface area contributed by atoms with Gasteiger partial charge in [-0.1, -0.05) is 42.5 Å². The van der Waals surface area contributed by atoms with Crippen LogP contribution in [0.1, 0.15) is 28.4 Å². The molecule has 0 amide bonds. The first-order valence-electron chi connectivity index (χ1n) is 9.53. The van der Waals surface area contributed by atoms with Gasteiger partial charge in [0.05, 0.1) is 0 Å². The molecule has 3 aromatic rings. The molecule has 6 nitrogen and oxygen atoms in total. The van der Waals surface area contributed by atoms with Gasteiger partial charge in [-0.2, -0.15) is 0 Å². The minimum Gasteiger partial charge on any atom is -0.492 e. The number of nitrogens with two attached hydrogens (primary N) is 1. The van der Waals surface area contributed by atoms with Crippen molar-refractivity contribution in [3.63, 3.8) is 0 Å². The molecule has 0 aliphatic carbocycles. The molecule has 4 rings (SSSR count). The monoisotopic (exact) mass is 412 g/mol. The van der Waals surface area contributed by atoms with Crippen LogP contribution in [0.2, 0.25) is 0 Å². The maximum atomic E-state index is 12.4. The molecule has 152 valence electrons. The second-order valence-electron chi connectivity index (χ2n) is 7.33. The third-order valence-electron chi connectivity index (χ3n) is 5.17. The lowest BCUT2D eigenvalue weighted by Crippen LogP contribution is -2.39. The zero-order valence-corrected chi connectivity index (χ0v) is 17.0. The highest BCUT2D eigenvalue weighted by Gasteiger charge is 2.29. The van der Waals surface area contributed by atoms with Gasteiger partial charge in [0.25, 0.3) is 10.0 Å². The predicted molar refractivity (Wildman–Crippen MR) is 110 cm³/mol. The number of rotatable bonds is 6. The maximum Gasteiger partial charge on any atom is 0.274 e. The van der Waals surface area contributed by atoms with Gasteiger partial charge in [0, 0.05) is 18.5 Å². The van der Waals surface area contributed by atoms with E-state index in [1.165, 1.54) is 11.6 Å². The number of hydrogen-bond acceptors (Lipinski definition) is 5. The molecule has 0 fully saturated rings. The van der Waals surface area contributed by atoms with E-state index in [-0.39, 0.29) is 23.6 Å². The lowest BCUT2D eigenvalue weighted by atomic mass is 9.84. The molecule has 1 aliphatic heterocycles. The van der Waals surface area contributed by atoms with Crippen molar-refractivity contribution in [2.75, 3.05) is 6.61 Å². The Labute approximate surface area is 170 Å². The van der Waals surface area contributed by atoms with Crippen LogP contribution < -0.4 is 15.2 Å². The summed E-state index contributed by atoms with van der Waals surface area (Å²) in [6.07, 6.45) is 0.805. The van der Waals surface area contributed by atoms with Crippen molar-refractivity contribution in [1.29, 1.82) is 0 Å². The van der Waals surface area contributed by atoms with Gasteiger partial charge in [-0.15, -0.1) is 0 Å². The van der Waals surface area contributed by atoms with Crippen LogP contribution in [0.25, 0.3) is 0 Å². The SMILES string of the molecule is Cc1ccc(S(=O)(=O)NCc2ccc3c(c2)C(Cc2ccccc2)C(N)CO3)o1. The molecule has 0 radical (unpaired) electrons. The summed E-state index contributed by atoms with van der Waals surface area (Å²) in [5.41, 5.74) is 9.42. The number of nitrogens with one attached hydrogen (secondary N) is 1. The average molecular weight is 413 g/mol. The Kier molecular flexibility index (Phi) is 5.45. The van der Waals surface area contributed by atoms with Crippen LogP contribution >= 0.6 is 0 Å². The standard InChI is InChI=1S/C22H24N2O4S/c1-15-7-10-22(28-15)29(25,26)24-13-17-8-9-21-19(12-17)18(20(23)14-27-21)11-16-5-3-2-4-6-16/h2-10,12,18,20,24H,11,13-14,23H2,1H3. The highest BCUT2D eigenvalue weighted by Crippen LogP contribution is 2.36. The van der Waals surface area contributed by atoms with Crippen molar-refractivity contribution in [3.8, 4) is 5.75 Å². The van der Waals surface area contributed by atoms with Crippen molar-refractivity contribution in [2.45, 2.75) is 36.9 Å². The molecule has 1 aromatic heterocycles. The van der Waals surface area contributed by atoms with E-state index in [0.29, 0.717) is 12.4 Å². The number of ether oxygens (including phenoxy) is 1. The Morgan fingerprint density at radius 1 is 1.07 bits per heavy atom. The summed E-state index contributed by atoms with van der Waals surface area (Å²) in [7, 11) is -3.70. The van der Waals surface area contributed by atoms with Gasteiger partial charge >= 0.3 is 0 Å². The van der Waals surface area contributed by atoms with Crippen LogP contribution in [0.5, 0.6) is 5.75 Å². The molecule has 7 heteroatoms. The zero-order chi connectivity index (χ0) is 20.4. The van der Waals surface area contributed by atoms with E-state index in [1.54, 1.807) is 13.0 Å². The van der Waals surface area contributed by atoms with Crippen LogP contribution in [0.15, 0.2) is 70.2 Å². The summed E-state index contributed by atoms with van der Waals surface area (Å²) in [6, 6.07) is 18.9. The van der Waals surface area contributed by atoms with Gasteiger partial charge in [0.1, 0.15) is 18.1 Å². The summed E-state index contributed by atoms with van der Waals surface area (Å²) in [5.74, 6) is 1.46. The molecule has 0 saturated heterocycles. The van der Waals surface area contributed by atoms with Crippen LogP contribution in [0, 0.1) is 6.92 Å². The third kappa shape index (κ3) is 4.37. The molecule has 29 heavy (non-hydrogen) atoms. The molecule has 2 heterocycles. The van der Waals surface area contributed by atoms with Crippen molar-refractivity contribution in [1.82, 2.24) is 4.72 Å². The van der Waals surface area contributed by atoms with E-state index in [9.17, 15) is 8.42 Å². The normalized spacial score (nSPS) is 18.8. The molecule has 1 aliphatic rings. The topological polar surface area (TPSA) is 94.6 Å². The smallest absolute Gasteiger partial charge is 0.274 e. The number of benzene rings is 2. The van der Waals surface area contributed by atoms with E-state index in [1.807, 2.05) is 36.4 Å². The van der Waals surface area contributed by atoms with Gasteiger partial charge in [0.15, 0.2) is 0 Å². The Morgan fingerprint density at radius 2 is 1.86 bits per heavy atom. The average Bonchev–Trinajstić information content (AvgIpc) is 3.17. The van der Waals surface area contributed by atoms with E-state index >= 15 is 0 Å². The third-order valence-corrected chi connectivity index (χ3v) is 6.44. The van der Waals surface area contributed by atoms with Crippen molar-refractivity contribution in [2.24, 2.45) is 5.73 Å². The first-order chi connectivity index (χ1) is 13.9. The summed E-state index contributed by atoms with van der Waals surface area (Å²) < 4.78 is 38.5. The fourth-order valence-corrected chi connectivity index (χ4v) is 4.58. The Hall–Kier alpha value is -2.61. The first-order valence-corrected chi connectivity index (χ1v) is 11.0. The van der Waals surface area contributed by atoms with Gasteiger partial charge < -0.3 is 14.9 Å². The second-order valence-corrected chi connectivity index (χ2v) is 9.03. The van der Waals surface area contributed by atoms with Gasteiger partial charge in [-0.3, -0.25) is 0 Å². The Balaban J connectivity index is 1.55. The lowest BCUT2D eigenvalue weighted by molar-refractivity contribution is 0.238. The number of furan rings is 1. The fourth-order valence-electron chi connectivity index (χ4n) is 3.60. The predicted octanol–water partition coefficient (Wildman–Crippen LogP) is 3.11. The number of fused-ring (bicyclic) bond motifs is 1. The highest BCUT2D eigenvalue weighted by atomic mass is 32.2. The van der Waals surface area contributed by atoms with Gasteiger partial charge in [-0.25, -0.2) is 13.1 Å². The van der Waals surface area contributed by atoms with Crippen LogP contribution in [-0.2, 0) is 23.0 Å². The second kappa shape index (κ2) is 8.02. The molecular weight excluding hydrogens is 388 g/mol. The number of sulfonamides is 1. The van der Waals surface area contributed by atoms with Gasteiger partial charge in [0.2, 0.25) is 5.09 Å². The first kappa shape index (κ1) is 19.7. The van der Waals surface area contributed by atoms with E-state index in [0.717, 1.165) is 23.3 Å². The minimum atomic E-state index is -3.70. The molecule has 0 bridgehead atoms. The number of hydrogen-bond donors (Lipinski definition) is 2.